The zero-order chi connectivity index (χ0) is 21.5. The summed E-state index contributed by atoms with van der Waals surface area (Å²) in [7, 11) is 3.22. The lowest BCUT2D eigenvalue weighted by Gasteiger charge is -2.35. The molecule has 3 N–H and O–H groups in total. The van der Waals surface area contributed by atoms with Crippen LogP contribution >= 0.6 is 0 Å². The zero-order valence-corrected chi connectivity index (χ0v) is 17.3. The lowest BCUT2D eigenvalue weighted by molar-refractivity contribution is -0.116. The summed E-state index contributed by atoms with van der Waals surface area (Å²) in [6.45, 7) is 0. The molecule has 8 heteroatoms. The first-order chi connectivity index (χ1) is 15.1. The van der Waals surface area contributed by atoms with Gasteiger partial charge in [0.05, 0.1) is 14.2 Å². The number of nitrogen functional groups attached to an aromatic ring is 1. The smallest absolute Gasteiger partial charge is 0.241 e. The lowest BCUT2D eigenvalue weighted by Crippen LogP contribution is -2.33. The average molecular weight is 417 g/mol. The number of nitrogens with zero attached hydrogens (tertiary/aromatic N) is 3. The number of hydrogen-bond donors (Lipinski definition) is 2. The van der Waals surface area contributed by atoms with E-state index < -0.39 is 0 Å². The fraction of sp³-hybridized carbons (Fsp3) is 0.261. The van der Waals surface area contributed by atoms with Gasteiger partial charge in [-0.15, -0.1) is 5.10 Å². The fourth-order valence-corrected chi connectivity index (χ4v) is 4.51. The third kappa shape index (κ3) is 3.20. The van der Waals surface area contributed by atoms with Crippen molar-refractivity contribution in [3.63, 3.8) is 0 Å². The first-order valence-corrected chi connectivity index (χ1v) is 10.1. The van der Waals surface area contributed by atoms with E-state index in [1.54, 1.807) is 18.9 Å². The number of nitrogens with two attached hydrogens (primary N) is 1. The SMILES string of the molecule is COc1ccc(C2CC(=O)C3=C(C2)Nc2nc(N)nn2C3c2ccccc2)cc1OC. The Bertz CT molecular complexity index is 1190. The summed E-state index contributed by atoms with van der Waals surface area (Å²) in [5.74, 6) is 2.14. The number of carbonyl (C=O) groups excluding carboxylic acids is 1. The first kappa shape index (κ1) is 19.2. The third-order valence-corrected chi connectivity index (χ3v) is 5.93. The standard InChI is InChI=1S/C23H23N5O3/c1-30-18-9-8-14(12-19(18)31-2)15-10-16-20(17(29)11-15)21(13-6-4-3-5-7-13)28-23(25-16)26-22(24)27-28/h3-9,12,15,21H,10-11H2,1-2H3,(H3,24,25,26,27). The number of anilines is 2. The van der Waals surface area contributed by atoms with Gasteiger partial charge < -0.3 is 20.5 Å². The van der Waals surface area contributed by atoms with Crippen LogP contribution in [0.4, 0.5) is 11.9 Å². The van der Waals surface area contributed by atoms with Gasteiger partial charge in [-0.2, -0.15) is 4.98 Å². The van der Waals surface area contributed by atoms with Gasteiger partial charge in [-0.25, -0.2) is 4.68 Å². The molecule has 5 rings (SSSR count). The normalized spacial score (nSPS) is 20.0. The van der Waals surface area contributed by atoms with Crippen LogP contribution in [0.2, 0.25) is 0 Å². The summed E-state index contributed by atoms with van der Waals surface area (Å²) in [5.41, 5.74) is 9.48. The number of methoxy groups -OCH3 is 2. The number of fused-ring (bicyclic) bond motifs is 1. The second-order valence-corrected chi connectivity index (χ2v) is 7.71. The second kappa shape index (κ2) is 7.46. The van der Waals surface area contributed by atoms with Crippen molar-refractivity contribution in [1.29, 1.82) is 0 Å². The van der Waals surface area contributed by atoms with E-state index in [4.69, 9.17) is 15.2 Å². The van der Waals surface area contributed by atoms with Crippen molar-refractivity contribution in [2.45, 2.75) is 24.8 Å². The molecule has 2 atom stereocenters. The van der Waals surface area contributed by atoms with E-state index in [2.05, 4.69) is 15.4 Å². The molecule has 3 aromatic rings. The summed E-state index contributed by atoms with van der Waals surface area (Å²) in [4.78, 5) is 17.8. The molecule has 8 nitrogen and oxygen atoms in total. The summed E-state index contributed by atoms with van der Waals surface area (Å²) in [6.07, 6.45) is 1.07. The van der Waals surface area contributed by atoms with Crippen molar-refractivity contribution in [3.05, 3.63) is 70.9 Å². The number of ketones is 1. The van der Waals surface area contributed by atoms with Crippen LogP contribution in [0.15, 0.2) is 59.8 Å². The molecule has 0 fully saturated rings. The van der Waals surface area contributed by atoms with Crippen molar-refractivity contribution in [1.82, 2.24) is 14.8 Å². The van der Waals surface area contributed by atoms with Crippen molar-refractivity contribution < 1.29 is 14.3 Å². The van der Waals surface area contributed by atoms with Crippen LogP contribution in [0.1, 0.15) is 35.9 Å². The fourth-order valence-electron chi connectivity index (χ4n) is 4.51. The molecule has 1 aromatic heterocycles. The summed E-state index contributed by atoms with van der Waals surface area (Å²) < 4.78 is 12.5. The Morgan fingerprint density at radius 1 is 1.03 bits per heavy atom. The molecule has 0 amide bonds. The van der Waals surface area contributed by atoms with Gasteiger partial charge in [-0.3, -0.25) is 4.79 Å². The Morgan fingerprint density at radius 3 is 2.55 bits per heavy atom. The van der Waals surface area contributed by atoms with Crippen LogP contribution in [-0.4, -0.2) is 34.8 Å². The van der Waals surface area contributed by atoms with Crippen LogP contribution in [0, 0.1) is 0 Å². The van der Waals surface area contributed by atoms with E-state index >= 15 is 0 Å². The van der Waals surface area contributed by atoms with E-state index in [0.29, 0.717) is 30.3 Å². The highest BCUT2D eigenvalue weighted by atomic mass is 16.5. The van der Waals surface area contributed by atoms with Crippen LogP contribution in [-0.2, 0) is 4.79 Å². The van der Waals surface area contributed by atoms with Crippen LogP contribution in [0.5, 0.6) is 11.5 Å². The summed E-state index contributed by atoms with van der Waals surface area (Å²) >= 11 is 0. The van der Waals surface area contributed by atoms with Crippen LogP contribution in [0.3, 0.4) is 0 Å². The Hall–Kier alpha value is -3.81. The third-order valence-electron chi connectivity index (χ3n) is 5.93. The maximum absolute atomic E-state index is 13.4. The Morgan fingerprint density at radius 2 is 1.81 bits per heavy atom. The summed E-state index contributed by atoms with van der Waals surface area (Å²) in [6, 6.07) is 15.3. The van der Waals surface area contributed by atoms with E-state index in [1.165, 1.54) is 0 Å². The molecule has 2 aliphatic rings. The van der Waals surface area contributed by atoms with Gasteiger partial charge in [0.25, 0.3) is 0 Å². The highest BCUT2D eigenvalue weighted by molar-refractivity contribution is 6.00. The molecule has 2 aromatic carbocycles. The maximum Gasteiger partial charge on any atom is 0.241 e. The van der Waals surface area contributed by atoms with E-state index in [9.17, 15) is 4.79 Å². The number of aromatic nitrogens is 3. The zero-order valence-electron chi connectivity index (χ0n) is 17.3. The number of ether oxygens (including phenoxy) is 2. The molecule has 0 saturated heterocycles. The predicted octanol–water partition coefficient (Wildman–Crippen LogP) is 3.29. The average Bonchev–Trinajstić information content (AvgIpc) is 3.17. The monoisotopic (exact) mass is 417 g/mol. The Labute approximate surface area is 179 Å². The highest BCUT2D eigenvalue weighted by Crippen LogP contribution is 2.45. The van der Waals surface area contributed by atoms with Crippen molar-refractivity contribution >= 4 is 17.7 Å². The number of rotatable bonds is 4. The topological polar surface area (TPSA) is 104 Å². The first-order valence-electron chi connectivity index (χ1n) is 10.1. The number of carbonyl (C=O) groups is 1. The molecule has 1 aliphatic heterocycles. The summed E-state index contributed by atoms with van der Waals surface area (Å²) in [5, 5.41) is 7.67. The van der Waals surface area contributed by atoms with Crippen molar-refractivity contribution in [2.24, 2.45) is 0 Å². The van der Waals surface area contributed by atoms with Gasteiger partial charge in [0, 0.05) is 17.7 Å². The number of hydrogen-bond acceptors (Lipinski definition) is 7. The van der Waals surface area contributed by atoms with Gasteiger partial charge in [-0.1, -0.05) is 36.4 Å². The van der Waals surface area contributed by atoms with E-state index in [-0.39, 0.29) is 23.7 Å². The van der Waals surface area contributed by atoms with Crippen LogP contribution < -0.4 is 20.5 Å². The molecule has 0 saturated carbocycles. The van der Waals surface area contributed by atoms with Crippen molar-refractivity contribution in [3.8, 4) is 11.5 Å². The van der Waals surface area contributed by atoms with E-state index in [0.717, 1.165) is 22.4 Å². The van der Waals surface area contributed by atoms with Crippen molar-refractivity contribution in [2.75, 3.05) is 25.3 Å². The Kier molecular flexibility index (Phi) is 4.62. The van der Waals surface area contributed by atoms with Gasteiger partial charge in [-0.05, 0) is 35.6 Å². The number of allylic oxidation sites excluding steroid dienone is 2. The van der Waals surface area contributed by atoms with E-state index in [1.807, 2.05) is 48.5 Å². The number of nitrogens with one attached hydrogen (secondary N) is 1. The molecule has 0 radical (unpaired) electrons. The van der Waals surface area contributed by atoms with Gasteiger partial charge in [0.15, 0.2) is 17.3 Å². The van der Waals surface area contributed by atoms with Crippen LogP contribution in [0.25, 0.3) is 0 Å². The number of Topliss-reactive ketones (excluding diaryl/α,β-unsaturated/α-hetero) is 1. The molecule has 2 heterocycles. The molecule has 1 aliphatic carbocycles. The highest BCUT2D eigenvalue weighted by Gasteiger charge is 2.39. The molecule has 158 valence electrons. The molecule has 0 spiro atoms. The predicted molar refractivity (Wildman–Crippen MR) is 116 cm³/mol. The maximum atomic E-state index is 13.4. The Balaban J connectivity index is 1.57. The van der Waals surface area contributed by atoms with Gasteiger partial charge in [0.2, 0.25) is 11.9 Å². The lowest BCUT2D eigenvalue weighted by atomic mass is 9.78. The molecule has 2 unspecified atom stereocenters. The minimum Gasteiger partial charge on any atom is -0.493 e. The molecule has 31 heavy (non-hydrogen) atoms. The largest absolute Gasteiger partial charge is 0.493 e. The second-order valence-electron chi connectivity index (χ2n) is 7.71. The van der Waals surface area contributed by atoms with Gasteiger partial charge >= 0.3 is 0 Å². The minimum atomic E-state index is -0.351. The molecule has 0 bridgehead atoms. The number of benzene rings is 2. The minimum absolute atomic E-state index is 0.0156. The molecular weight excluding hydrogens is 394 g/mol. The molecular formula is C23H23N5O3. The quantitative estimate of drug-likeness (QED) is 0.671. The van der Waals surface area contributed by atoms with Gasteiger partial charge in [0.1, 0.15) is 6.04 Å².